The maximum atomic E-state index is 12.6. The van der Waals surface area contributed by atoms with Gasteiger partial charge in [0.05, 0.1) is 11.3 Å². The first-order valence-corrected chi connectivity index (χ1v) is 9.91. The first-order valence-electron chi connectivity index (χ1n) is 9.91. The Balaban J connectivity index is 1.24. The van der Waals surface area contributed by atoms with Gasteiger partial charge in [0.2, 0.25) is 0 Å². The van der Waals surface area contributed by atoms with E-state index in [4.69, 9.17) is 9.47 Å². The molecule has 0 aliphatic carbocycles. The topological polar surface area (TPSA) is 54.0 Å². The van der Waals surface area contributed by atoms with E-state index < -0.39 is 0 Å². The third kappa shape index (κ3) is 2.88. The van der Waals surface area contributed by atoms with E-state index in [2.05, 4.69) is 22.2 Å². The second-order valence-electron chi connectivity index (χ2n) is 7.86. The third-order valence-corrected chi connectivity index (χ3v) is 6.21. The number of anilines is 1. The van der Waals surface area contributed by atoms with Gasteiger partial charge in [-0.3, -0.25) is 9.69 Å². The van der Waals surface area contributed by atoms with Gasteiger partial charge < -0.3 is 19.7 Å². The zero-order valence-electron chi connectivity index (χ0n) is 16.1. The Hall–Kier alpha value is -2.73. The molecular formula is C22H25N3O3. The minimum atomic E-state index is -0.307. The number of carbonyl (C=O) groups is 1. The lowest BCUT2D eigenvalue weighted by atomic mass is 9.90. The molecule has 146 valence electrons. The Bertz CT molecular complexity index is 892. The Kier molecular flexibility index (Phi) is 4.16. The van der Waals surface area contributed by atoms with Crippen molar-refractivity contribution in [1.82, 2.24) is 10.2 Å². The van der Waals surface area contributed by atoms with E-state index in [0.29, 0.717) is 6.61 Å². The van der Waals surface area contributed by atoms with Gasteiger partial charge in [0.1, 0.15) is 18.4 Å². The van der Waals surface area contributed by atoms with Crippen LogP contribution in [0.3, 0.4) is 0 Å². The molecule has 1 N–H and O–H groups in total. The number of rotatable bonds is 2. The van der Waals surface area contributed by atoms with E-state index in [1.807, 2.05) is 48.5 Å². The van der Waals surface area contributed by atoms with Gasteiger partial charge in [0.15, 0.2) is 11.5 Å². The molecule has 3 heterocycles. The van der Waals surface area contributed by atoms with Crippen molar-refractivity contribution >= 4 is 11.6 Å². The normalized spacial score (nSPS) is 23.2. The Morgan fingerprint density at radius 2 is 1.79 bits per heavy atom. The molecule has 5 rings (SSSR count). The predicted molar refractivity (Wildman–Crippen MR) is 107 cm³/mol. The van der Waals surface area contributed by atoms with Gasteiger partial charge in [-0.15, -0.1) is 0 Å². The van der Waals surface area contributed by atoms with E-state index in [1.165, 1.54) is 0 Å². The lowest BCUT2D eigenvalue weighted by Crippen LogP contribution is -2.67. The smallest absolute Gasteiger partial charge is 0.255 e. The van der Waals surface area contributed by atoms with Crippen molar-refractivity contribution in [3.05, 3.63) is 54.1 Å². The van der Waals surface area contributed by atoms with Crippen LogP contribution in [0, 0.1) is 0 Å². The highest BCUT2D eigenvalue weighted by molar-refractivity contribution is 6.02. The van der Waals surface area contributed by atoms with Gasteiger partial charge in [0, 0.05) is 39.5 Å². The van der Waals surface area contributed by atoms with Crippen molar-refractivity contribution in [3.63, 3.8) is 0 Å². The fourth-order valence-corrected chi connectivity index (χ4v) is 4.56. The lowest BCUT2D eigenvalue weighted by Gasteiger charge is -2.51. The van der Waals surface area contributed by atoms with Crippen molar-refractivity contribution in [2.24, 2.45) is 0 Å². The van der Waals surface area contributed by atoms with Crippen LogP contribution in [0.15, 0.2) is 48.5 Å². The van der Waals surface area contributed by atoms with E-state index in [-0.39, 0.29) is 17.7 Å². The molecule has 1 fully saturated rings. The molecule has 3 aliphatic rings. The monoisotopic (exact) mass is 379 g/mol. The molecule has 0 aromatic heterocycles. The number of carbonyl (C=O) groups excluding carboxylic acids is 1. The number of amides is 1. The number of hydrogen-bond donors (Lipinski definition) is 1. The highest BCUT2D eigenvalue weighted by Crippen LogP contribution is 2.36. The zero-order valence-corrected chi connectivity index (χ0v) is 16.1. The molecule has 2 aromatic carbocycles. The number of hydrogen-bond acceptors (Lipinski definition) is 5. The van der Waals surface area contributed by atoms with Gasteiger partial charge in [-0.1, -0.05) is 24.3 Å². The number of nitrogens with zero attached hydrogens (tertiary/aromatic N) is 2. The number of fused-ring (bicyclic) bond motifs is 2. The number of para-hydroxylation sites is 3. The highest BCUT2D eigenvalue weighted by atomic mass is 16.6. The number of nitrogens with one attached hydrogen (secondary N) is 1. The van der Waals surface area contributed by atoms with Crippen LogP contribution in [0.2, 0.25) is 0 Å². The summed E-state index contributed by atoms with van der Waals surface area (Å²) < 4.78 is 12.0. The van der Waals surface area contributed by atoms with Gasteiger partial charge in [-0.05, 0) is 24.3 Å². The van der Waals surface area contributed by atoms with Crippen molar-refractivity contribution in [3.8, 4) is 11.5 Å². The lowest BCUT2D eigenvalue weighted by molar-refractivity contribution is 0.0386. The highest BCUT2D eigenvalue weighted by Gasteiger charge is 2.44. The summed E-state index contributed by atoms with van der Waals surface area (Å²) in [4.78, 5) is 17.3. The van der Waals surface area contributed by atoms with Gasteiger partial charge in [-0.25, -0.2) is 0 Å². The summed E-state index contributed by atoms with van der Waals surface area (Å²) in [6.07, 6.45) is 1.80. The summed E-state index contributed by atoms with van der Waals surface area (Å²) in [5.74, 6) is 1.67. The summed E-state index contributed by atoms with van der Waals surface area (Å²) in [6, 6.07) is 15.7. The standard InChI is InChI=1S/C22H25N3O3/c1-24-18-7-3-2-6-17(18)21(26)23-22(24)10-12-25(13-11-22)14-16-15-27-19-8-4-5-9-20(19)28-16/h2-9,16H,10-15H2,1H3,(H,23,26). The summed E-state index contributed by atoms with van der Waals surface area (Å²) in [5.41, 5.74) is 1.46. The molecule has 1 saturated heterocycles. The number of benzene rings is 2. The average Bonchev–Trinajstić information content (AvgIpc) is 2.74. The van der Waals surface area contributed by atoms with Crippen LogP contribution in [0.5, 0.6) is 11.5 Å². The Labute approximate surface area is 165 Å². The summed E-state index contributed by atoms with van der Waals surface area (Å²) >= 11 is 0. The number of ether oxygens (including phenoxy) is 2. The predicted octanol–water partition coefficient (Wildman–Crippen LogP) is 2.50. The van der Waals surface area contributed by atoms with Crippen LogP contribution in [0.4, 0.5) is 5.69 Å². The molecule has 0 bridgehead atoms. The number of likely N-dealkylation sites (tertiary alicyclic amines) is 1. The van der Waals surface area contributed by atoms with E-state index in [0.717, 1.165) is 55.2 Å². The molecule has 28 heavy (non-hydrogen) atoms. The number of piperidine rings is 1. The first kappa shape index (κ1) is 17.4. The minimum Gasteiger partial charge on any atom is -0.486 e. The third-order valence-electron chi connectivity index (χ3n) is 6.21. The van der Waals surface area contributed by atoms with Crippen molar-refractivity contribution < 1.29 is 14.3 Å². The SMILES string of the molecule is CN1c2ccccc2C(=O)NC12CCN(CC1COc3ccccc3O1)CC2. The van der Waals surface area contributed by atoms with Crippen LogP contribution in [-0.2, 0) is 0 Å². The minimum absolute atomic E-state index is 0.0303. The molecule has 2 aromatic rings. The van der Waals surface area contributed by atoms with Gasteiger partial charge in [0.25, 0.3) is 5.91 Å². The molecule has 1 spiro atoms. The second kappa shape index (κ2) is 6.71. The van der Waals surface area contributed by atoms with Gasteiger partial charge >= 0.3 is 0 Å². The van der Waals surface area contributed by atoms with Crippen molar-refractivity contribution in [2.45, 2.75) is 24.6 Å². The fourth-order valence-electron chi connectivity index (χ4n) is 4.56. The maximum Gasteiger partial charge on any atom is 0.255 e. The van der Waals surface area contributed by atoms with Crippen LogP contribution in [0.1, 0.15) is 23.2 Å². The molecule has 3 aliphatic heterocycles. The molecule has 0 saturated carbocycles. The Morgan fingerprint density at radius 1 is 1.07 bits per heavy atom. The quantitative estimate of drug-likeness (QED) is 0.869. The first-order chi connectivity index (χ1) is 13.6. The van der Waals surface area contributed by atoms with Crippen LogP contribution >= 0.6 is 0 Å². The fraction of sp³-hybridized carbons (Fsp3) is 0.409. The van der Waals surface area contributed by atoms with Crippen LogP contribution in [0.25, 0.3) is 0 Å². The van der Waals surface area contributed by atoms with E-state index in [1.54, 1.807) is 0 Å². The molecule has 0 radical (unpaired) electrons. The van der Waals surface area contributed by atoms with Gasteiger partial charge in [-0.2, -0.15) is 0 Å². The van der Waals surface area contributed by atoms with Crippen molar-refractivity contribution in [1.29, 1.82) is 0 Å². The molecule has 6 nitrogen and oxygen atoms in total. The van der Waals surface area contributed by atoms with Crippen molar-refractivity contribution in [2.75, 3.05) is 38.2 Å². The molecule has 1 atom stereocenters. The summed E-state index contributed by atoms with van der Waals surface area (Å²) in [5, 5.41) is 3.28. The van der Waals surface area contributed by atoms with E-state index in [9.17, 15) is 4.79 Å². The summed E-state index contributed by atoms with van der Waals surface area (Å²) in [6.45, 7) is 3.23. The van der Waals surface area contributed by atoms with Crippen LogP contribution in [-0.4, -0.2) is 55.9 Å². The maximum absolute atomic E-state index is 12.6. The molecular weight excluding hydrogens is 354 g/mol. The zero-order chi connectivity index (χ0) is 19.1. The molecule has 1 unspecified atom stereocenters. The largest absolute Gasteiger partial charge is 0.486 e. The van der Waals surface area contributed by atoms with E-state index >= 15 is 0 Å². The van der Waals surface area contributed by atoms with Crippen LogP contribution < -0.4 is 19.7 Å². The molecule has 6 heteroatoms. The molecule has 1 amide bonds. The Morgan fingerprint density at radius 3 is 2.61 bits per heavy atom. The second-order valence-corrected chi connectivity index (χ2v) is 7.86. The summed E-state index contributed by atoms with van der Waals surface area (Å²) in [7, 11) is 2.09. The average molecular weight is 379 g/mol.